The SMILES string of the molecule is Fc1ccc(N=Cc2cc(Br)c(Br)o2)cc1. The van der Waals surface area contributed by atoms with Gasteiger partial charge in [0.1, 0.15) is 11.6 Å². The molecule has 1 aromatic heterocycles. The number of benzene rings is 1. The summed E-state index contributed by atoms with van der Waals surface area (Å²) in [6.07, 6.45) is 1.57. The molecule has 0 bridgehead atoms. The Morgan fingerprint density at radius 1 is 1.19 bits per heavy atom. The highest BCUT2D eigenvalue weighted by Crippen LogP contribution is 2.26. The summed E-state index contributed by atoms with van der Waals surface area (Å²) >= 11 is 6.53. The first-order valence-electron chi connectivity index (χ1n) is 4.39. The highest BCUT2D eigenvalue weighted by Gasteiger charge is 2.03. The number of aliphatic imine (C=N–C) groups is 1. The van der Waals surface area contributed by atoms with Crippen LogP contribution in [0.5, 0.6) is 0 Å². The molecule has 0 aliphatic heterocycles. The van der Waals surface area contributed by atoms with Crippen LogP contribution in [-0.4, -0.2) is 6.21 Å². The van der Waals surface area contributed by atoms with Gasteiger partial charge in [-0.2, -0.15) is 0 Å². The molecule has 2 nitrogen and oxygen atoms in total. The minimum Gasteiger partial charge on any atom is -0.447 e. The van der Waals surface area contributed by atoms with Crippen molar-refractivity contribution in [1.82, 2.24) is 0 Å². The normalized spacial score (nSPS) is 11.2. The maximum Gasteiger partial charge on any atom is 0.184 e. The van der Waals surface area contributed by atoms with Crippen molar-refractivity contribution >= 4 is 43.8 Å². The predicted octanol–water partition coefficient (Wildman–Crippen LogP) is 4.69. The van der Waals surface area contributed by atoms with Crippen molar-refractivity contribution < 1.29 is 8.81 Å². The highest BCUT2D eigenvalue weighted by atomic mass is 79.9. The lowest BCUT2D eigenvalue weighted by atomic mass is 10.3. The molecule has 0 unspecified atom stereocenters. The van der Waals surface area contributed by atoms with E-state index in [9.17, 15) is 4.39 Å². The predicted molar refractivity (Wildman–Crippen MR) is 67.8 cm³/mol. The summed E-state index contributed by atoms with van der Waals surface area (Å²) in [5.74, 6) is 0.338. The maximum atomic E-state index is 12.6. The maximum absolute atomic E-state index is 12.6. The van der Waals surface area contributed by atoms with Gasteiger partial charge in [0.05, 0.1) is 16.4 Å². The van der Waals surface area contributed by atoms with Gasteiger partial charge in [0.25, 0.3) is 0 Å². The number of rotatable bonds is 2. The molecule has 0 spiro atoms. The third-order valence-electron chi connectivity index (χ3n) is 1.83. The smallest absolute Gasteiger partial charge is 0.184 e. The molecule has 0 N–H and O–H groups in total. The van der Waals surface area contributed by atoms with E-state index in [1.165, 1.54) is 12.1 Å². The van der Waals surface area contributed by atoms with E-state index in [1.54, 1.807) is 24.4 Å². The lowest BCUT2D eigenvalue weighted by molar-refractivity contribution is 0.533. The number of halogens is 3. The molecule has 82 valence electrons. The zero-order valence-corrected chi connectivity index (χ0v) is 11.1. The van der Waals surface area contributed by atoms with Gasteiger partial charge in [-0.3, -0.25) is 4.99 Å². The van der Waals surface area contributed by atoms with Gasteiger partial charge < -0.3 is 4.42 Å². The number of hydrogen-bond donors (Lipinski definition) is 0. The molecule has 0 saturated carbocycles. The molecule has 1 aromatic carbocycles. The molecule has 0 aliphatic carbocycles. The molecule has 0 saturated heterocycles. The molecule has 0 radical (unpaired) electrons. The van der Waals surface area contributed by atoms with E-state index in [4.69, 9.17) is 4.42 Å². The van der Waals surface area contributed by atoms with Crippen LogP contribution in [0.15, 0.2) is 48.9 Å². The first kappa shape index (κ1) is 11.5. The van der Waals surface area contributed by atoms with Crippen molar-refractivity contribution in [2.45, 2.75) is 0 Å². The Labute approximate surface area is 108 Å². The van der Waals surface area contributed by atoms with Crippen LogP contribution in [-0.2, 0) is 0 Å². The van der Waals surface area contributed by atoms with E-state index in [2.05, 4.69) is 36.9 Å². The first-order chi connectivity index (χ1) is 7.65. The molecule has 0 amide bonds. The second-order valence-corrected chi connectivity index (χ2v) is 4.58. The van der Waals surface area contributed by atoms with Crippen molar-refractivity contribution in [1.29, 1.82) is 0 Å². The minimum absolute atomic E-state index is 0.276. The third kappa shape index (κ3) is 2.80. The largest absolute Gasteiger partial charge is 0.447 e. The lowest BCUT2D eigenvalue weighted by Gasteiger charge is -1.91. The van der Waals surface area contributed by atoms with Crippen LogP contribution < -0.4 is 0 Å². The Kier molecular flexibility index (Phi) is 3.56. The van der Waals surface area contributed by atoms with E-state index in [0.717, 1.165) is 4.47 Å². The zero-order valence-electron chi connectivity index (χ0n) is 7.95. The van der Waals surface area contributed by atoms with E-state index in [0.29, 0.717) is 16.1 Å². The second kappa shape index (κ2) is 4.93. The molecule has 0 atom stereocenters. The fourth-order valence-electron chi connectivity index (χ4n) is 1.09. The molecule has 2 aromatic rings. The molecule has 0 fully saturated rings. The second-order valence-electron chi connectivity index (χ2n) is 3.01. The fraction of sp³-hybridized carbons (Fsp3) is 0. The molecule has 5 heteroatoms. The Hall–Kier alpha value is -0.940. The Morgan fingerprint density at radius 3 is 2.44 bits per heavy atom. The van der Waals surface area contributed by atoms with Crippen LogP contribution in [0.4, 0.5) is 10.1 Å². The van der Waals surface area contributed by atoms with Gasteiger partial charge in [-0.05, 0) is 56.1 Å². The van der Waals surface area contributed by atoms with Gasteiger partial charge in [-0.15, -0.1) is 0 Å². The number of furan rings is 1. The molecule has 2 rings (SSSR count). The summed E-state index contributed by atoms with van der Waals surface area (Å²) in [5.41, 5.74) is 0.671. The molecular weight excluding hydrogens is 341 g/mol. The Bertz CT molecular complexity index is 500. The van der Waals surface area contributed by atoms with Crippen molar-refractivity contribution in [2.24, 2.45) is 4.99 Å². The Morgan fingerprint density at radius 2 is 1.88 bits per heavy atom. The zero-order chi connectivity index (χ0) is 11.5. The van der Waals surface area contributed by atoms with Gasteiger partial charge in [0, 0.05) is 6.07 Å². The topological polar surface area (TPSA) is 25.5 Å². The van der Waals surface area contributed by atoms with Gasteiger partial charge in [-0.25, -0.2) is 4.39 Å². The summed E-state index contributed by atoms with van der Waals surface area (Å²) in [4.78, 5) is 4.14. The quantitative estimate of drug-likeness (QED) is 0.724. The Balaban J connectivity index is 2.17. The summed E-state index contributed by atoms with van der Waals surface area (Å²) < 4.78 is 19.4. The van der Waals surface area contributed by atoms with E-state index < -0.39 is 0 Å². The van der Waals surface area contributed by atoms with Crippen molar-refractivity contribution in [2.75, 3.05) is 0 Å². The van der Waals surface area contributed by atoms with Crippen molar-refractivity contribution in [3.05, 3.63) is 51.1 Å². The van der Waals surface area contributed by atoms with Gasteiger partial charge in [-0.1, -0.05) is 0 Å². The van der Waals surface area contributed by atoms with Gasteiger partial charge >= 0.3 is 0 Å². The fourth-order valence-corrected chi connectivity index (χ4v) is 1.70. The molecule has 0 aliphatic rings. The van der Waals surface area contributed by atoms with Crippen LogP contribution in [0.2, 0.25) is 0 Å². The van der Waals surface area contributed by atoms with Crippen LogP contribution in [0.25, 0.3) is 0 Å². The number of nitrogens with zero attached hydrogens (tertiary/aromatic N) is 1. The van der Waals surface area contributed by atoms with Gasteiger partial charge in [0.15, 0.2) is 4.67 Å². The van der Waals surface area contributed by atoms with Crippen LogP contribution in [0.1, 0.15) is 5.76 Å². The van der Waals surface area contributed by atoms with Crippen molar-refractivity contribution in [3.63, 3.8) is 0 Å². The van der Waals surface area contributed by atoms with E-state index in [-0.39, 0.29) is 5.82 Å². The van der Waals surface area contributed by atoms with E-state index >= 15 is 0 Å². The molecular formula is C11H6Br2FNO. The summed E-state index contributed by atoms with van der Waals surface area (Å²) in [6.45, 7) is 0. The van der Waals surface area contributed by atoms with Gasteiger partial charge in [0.2, 0.25) is 0 Å². The van der Waals surface area contributed by atoms with Crippen LogP contribution in [0, 0.1) is 5.82 Å². The summed E-state index contributed by atoms with van der Waals surface area (Å²) in [7, 11) is 0. The standard InChI is InChI=1S/C11H6Br2FNO/c12-10-5-9(16-11(10)13)6-15-8-3-1-7(14)2-4-8/h1-6H. The highest BCUT2D eigenvalue weighted by molar-refractivity contribution is 9.13. The van der Waals surface area contributed by atoms with Crippen LogP contribution in [0.3, 0.4) is 0 Å². The third-order valence-corrected chi connectivity index (χ3v) is 3.54. The molecule has 16 heavy (non-hydrogen) atoms. The van der Waals surface area contributed by atoms with Crippen LogP contribution >= 0.6 is 31.9 Å². The van der Waals surface area contributed by atoms with E-state index in [1.807, 2.05) is 0 Å². The summed E-state index contributed by atoms with van der Waals surface area (Å²) in [5, 5.41) is 0. The monoisotopic (exact) mass is 345 g/mol. The average molecular weight is 347 g/mol. The van der Waals surface area contributed by atoms with Crippen molar-refractivity contribution in [3.8, 4) is 0 Å². The first-order valence-corrected chi connectivity index (χ1v) is 5.98. The lowest BCUT2D eigenvalue weighted by Crippen LogP contribution is -1.74. The average Bonchev–Trinajstić information content (AvgIpc) is 2.58. The minimum atomic E-state index is -0.276. The molecule has 1 heterocycles. The number of hydrogen-bond acceptors (Lipinski definition) is 2. The summed E-state index contributed by atoms with van der Waals surface area (Å²) in [6, 6.07) is 7.70.